The zero-order chi connectivity index (χ0) is 17.4. The second-order valence-corrected chi connectivity index (χ2v) is 5.72. The van der Waals surface area contributed by atoms with E-state index in [4.69, 9.17) is 9.47 Å². The van der Waals surface area contributed by atoms with Crippen LogP contribution in [0.2, 0.25) is 0 Å². The zero-order valence-corrected chi connectivity index (χ0v) is 14.2. The number of ether oxygens (including phenoxy) is 2. The second-order valence-electron chi connectivity index (χ2n) is 5.72. The summed E-state index contributed by atoms with van der Waals surface area (Å²) in [6.07, 6.45) is 2.73. The molecular weight excluding hydrogens is 304 g/mol. The molecule has 0 fully saturated rings. The van der Waals surface area contributed by atoms with Crippen LogP contribution in [0.1, 0.15) is 30.9 Å². The molecule has 4 heteroatoms. The van der Waals surface area contributed by atoms with E-state index in [9.17, 15) is 9.90 Å². The van der Waals surface area contributed by atoms with Gasteiger partial charge in [0.1, 0.15) is 0 Å². The fourth-order valence-electron chi connectivity index (χ4n) is 2.49. The molecule has 128 valence electrons. The topological polar surface area (TPSA) is 55.8 Å². The lowest BCUT2D eigenvalue weighted by atomic mass is 10.0. The molecule has 1 N–H and O–H groups in total. The molecule has 0 radical (unpaired) electrons. The smallest absolute Gasteiger partial charge is 0.345 e. The second kappa shape index (κ2) is 8.96. The van der Waals surface area contributed by atoms with Gasteiger partial charge in [0.2, 0.25) is 0 Å². The minimum Gasteiger partial charge on any atom is -0.493 e. The van der Waals surface area contributed by atoms with Gasteiger partial charge in [0.05, 0.1) is 7.11 Å². The van der Waals surface area contributed by atoms with Gasteiger partial charge in [-0.1, -0.05) is 49.7 Å². The predicted octanol–water partition coefficient (Wildman–Crippen LogP) is 4.11. The highest BCUT2D eigenvalue weighted by Crippen LogP contribution is 2.27. The molecule has 2 rings (SSSR count). The van der Waals surface area contributed by atoms with Crippen LogP contribution in [0.5, 0.6) is 11.5 Å². The summed E-state index contributed by atoms with van der Waals surface area (Å²) in [6.45, 7) is 2.17. The maximum Gasteiger partial charge on any atom is 0.345 e. The summed E-state index contributed by atoms with van der Waals surface area (Å²) in [5.41, 5.74) is 2.22. The van der Waals surface area contributed by atoms with Gasteiger partial charge in [-0.15, -0.1) is 0 Å². The molecule has 0 aliphatic rings. The van der Waals surface area contributed by atoms with Crippen LogP contribution in [0.15, 0.2) is 48.5 Å². The van der Waals surface area contributed by atoms with Gasteiger partial charge in [-0.3, -0.25) is 0 Å². The van der Waals surface area contributed by atoms with E-state index in [2.05, 4.69) is 19.1 Å². The minimum absolute atomic E-state index is 0.307. The third-order valence-corrected chi connectivity index (χ3v) is 3.88. The Bertz CT molecular complexity index is 649. The largest absolute Gasteiger partial charge is 0.493 e. The van der Waals surface area contributed by atoms with E-state index in [0.717, 1.165) is 24.8 Å². The van der Waals surface area contributed by atoms with E-state index in [1.54, 1.807) is 18.2 Å². The van der Waals surface area contributed by atoms with Gasteiger partial charge in [0.15, 0.2) is 17.6 Å². The Balaban J connectivity index is 2.07. The van der Waals surface area contributed by atoms with Crippen molar-refractivity contribution in [2.24, 2.45) is 0 Å². The first-order valence-corrected chi connectivity index (χ1v) is 8.24. The van der Waals surface area contributed by atoms with Gasteiger partial charge in [0.25, 0.3) is 0 Å². The number of methoxy groups -OCH3 is 1. The van der Waals surface area contributed by atoms with Gasteiger partial charge >= 0.3 is 5.97 Å². The van der Waals surface area contributed by atoms with E-state index in [0.29, 0.717) is 17.9 Å². The average Bonchev–Trinajstić information content (AvgIpc) is 2.60. The molecule has 0 aromatic heterocycles. The lowest BCUT2D eigenvalue weighted by molar-refractivity contribution is -0.145. The standard InChI is InChI=1S/C20H24O4/c1-3-4-7-15-10-12-16(13-11-15)14-19(20(21)22)24-18-9-6-5-8-17(18)23-2/h5-6,8-13,19H,3-4,7,14H2,1-2H3,(H,21,22). The summed E-state index contributed by atoms with van der Waals surface area (Å²) in [7, 11) is 1.53. The van der Waals surface area contributed by atoms with Crippen LogP contribution in [-0.2, 0) is 17.6 Å². The summed E-state index contributed by atoms with van der Waals surface area (Å²) >= 11 is 0. The van der Waals surface area contributed by atoms with Crippen molar-refractivity contribution in [1.82, 2.24) is 0 Å². The van der Waals surface area contributed by atoms with Crippen molar-refractivity contribution in [2.75, 3.05) is 7.11 Å². The molecule has 0 aliphatic carbocycles. The first-order valence-electron chi connectivity index (χ1n) is 8.24. The predicted molar refractivity (Wildman–Crippen MR) is 93.8 cm³/mol. The van der Waals surface area contributed by atoms with Gasteiger partial charge in [-0.05, 0) is 36.1 Å². The van der Waals surface area contributed by atoms with Crippen molar-refractivity contribution in [2.45, 2.75) is 38.7 Å². The Labute approximate surface area is 143 Å². The Hall–Kier alpha value is -2.49. The number of carboxylic acids is 1. The van der Waals surface area contributed by atoms with E-state index >= 15 is 0 Å². The molecule has 0 amide bonds. The van der Waals surface area contributed by atoms with Crippen LogP contribution in [0.25, 0.3) is 0 Å². The third-order valence-electron chi connectivity index (χ3n) is 3.88. The fraction of sp³-hybridized carbons (Fsp3) is 0.350. The van der Waals surface area contributed by atoms with Gasteiger partial charge in [-0.25, -0.2) is 4.79 Å². The van der Waals surface area contributed by atoms with Crippen molar-refractivity contribution >= 4 is 5.97 Å². The maximum absolute atomic E-state index is 11.6. The number of aliphatic carboxylic acids is 1. The van der Waals surface area contributed by atoms with Crippen LogP contribution in [0, 0.1) is 0 Å². The number of benzene rings is 2. The van der Waals surface area contributed by atoms with Gasteiger partial charge in [0, 0.05) is 6.42 Å². The number of carboxylic acid groups (broad SMARTS) is 1. The summed E-state index contributed by atoms with van der Waals surface area (Å²) in [6, 6.07) is 15.1. The van der Waals surface area contributed by atoms with Crippen molar-refractivity contribution in [3.05, 3.63) is 59.7 Å². The average molecular weight is 328 g/mol. The number of aryl methyl sites for hydroxylation is 1. The Morgan fingerprint density at radius 1 is 1.04 bits per heavy atom. The number of para-hydroxylation sites is 2. The number of rotatable bonds is 9. The zero-order valence-electron chi connectivity index (χ0n) is 14.2. The fourth-order valence-corrected chi connectivity index (χ4v) is 2.49. The quantitative estimate of drug-likeness (QED) is 0.752. The third kappa shape index (κ3) is 5.01. The van der Waals surface area contributed by atoms with Crippen LogP contribution >= 0.6 is 0 Å². The van der Waals surface area contributed by atoms with Crippen molar-refractivity contribution in [1.29, 1.82) is 0 Å². The number of unbranched alkanes of at least 4 members (excludes halogenated alkanes) is 1. The lowest BCUT2D eigenvalue weighted by Gasteiger charge is -2.17. The summed E-state index contributed by atoms with van der Waals surface area (Å²) in [5, 5.41) is 9.46. The Kier molecular flexibility index (Phi) is 6.67. The SMILES string of the molecule is CCCCc1ccc(CC(Oc2ccccc2OC)C(=O)O)cc1. The number of hydrogen-bond donors (Lipinski definition) is 1. The normalized spacial score (nSPS) is 11.8. The highest BCUT2D eigenvalue weighted by atomic mass is 16.5. The van der Waals surface area contributed by atoms with Crippen LogP contribution in [0.3, 0.4) is 0 Å². The first-order chi connectivity index (χ1) is 11.6. The lowest BCUT2D eigenvalue weighted by Crippen LogP contribution is -2.29. The molecule has 0 aliphatic heterocycles. The maximum atomic E-state index is 11.6. The molecule has 4 nitrogen and oxygen atoms in total. The molecule has 0 saturated carbocycles. The molecule has 1 atom stereocenters. The van der Waals surface area contributed by atoms with E-state index < -0.39 is 12.1 Å². The molecule has 24 heavy (non-hydrogen) atoms. The Morgan fingerprint density at radius 2 is 1.67 bits per heavy atom. The number of hydrogen-bond acceptors (Lipinski definition) is 3. The highest BCUT2D eigenvalue weighted by Gasteiger charge is 2.21. The van der Waals surface area contributed by atoms with Gasteiger partial charge in [-0.2, -0.15) is 0 Å². The molecular formula is C20H24O4. The summed E-state index contributed by atoms with van der Waals surface area (Å²) < 4.78 is 10.9. The molecule has 0 spiro atoms. The van der Waals surface area contributed by atoms with Crippen molar-refractivity contribution in [3.63, 3.8) is 0 Å². The van der Waals surface area contributed by atoms with E-state index in [1.807, 2.05) is 18.2 Å². The monoisotopic (exact) mass is 328 g/mol. The van der Waals surface area contributed by atoms with E-state index in [1.165, 1.54) is 12.7 Å². The molecule has 2 aromatic carbocycles. The molecule has 1 unspecified atom stereocenters. The first kappa shape index (κ1) is 17.9. The highest BCUT2D eigenvalue weighted by molar-refractivity contribution is 5.73. The van der Waals surface area contributed by atoms with Crippen molar-refractivity contribution < 1.29 is 19.4 Å². The summed E-state index contributed by atoms with van der Waals surface area (Å²) in [4.78, 5) is 11.6. The van der Waals surface area contributed by atoms with E-state index in [-0.39, 0.29) is 0 Å². The number of carbonyl (C=O) groups is 1. The molecule has 0 heterocycles. The van der Waals surface area contributed by atoms with Crippen LogP contribution < -0.4 is 9.47 Å². The molecule has 2 aromatic rings. The van der Waals surface area contributed by atoms with Crippen molar-refractivity contribution in [3.8, 4) is 11.5 Å². The van der Waals surface area contributed by atoms with Crippen LogP contribution in [0.4, 0.5) is 0 Å². The molecule has 0 bridgehead atoms. The Morgan fingerprint density at radius 3 is 2.25 bits per heavy atom. The van der Waals surface area contributed by atoms with Crippen LogP contribution in [-0.4, -0.2) is 24.3 Å². The molecule has 0 saturated heterocycles. The van der Waals surface area contributed by atoms with Gasteiger partial charge < -0.3 is 14.6 Å². The minimum atomic E-state index is -0.990. The summed E-state index contributed by atoms with van der Waals surface area (Å²) in [5.74, 6) is -0.0263.